The third-order valence-corrected chi connectivity index (χ3v) is 3.04. The van der Waals surface area contributed by atoms with Gasteiger partial charge < -0.3 is 0 Å². The van der Waals surface area contributed by atoms with Gasteiger partial charge in [0.15, 0.2) is 0 Å². The summed E-state index contributed by atoms with van der Waals surface area (Å²) >= 11 is 0. The van der Waals surface area contributed by atoms with Crippen LogP contribution in [0, 0.1) is 0 Å². The molecular formula is C16H22. The Morgan fingerprint density at radius 2 is 1.31 bits per heavy atom. The Bertz CT molecular complexity index is 441. The molecule has 0 saturated carbocycles. The number of benzene rings is 1. The van der Waals surface area contributed by atoms with E-state index in [1.807, 2.05) is 13.8 Å². The third-order valence-electron chi connectivity index (χ3n) is 3.04. The maximum atomic E-state index is 2.22. The Morgan fingerprint density at radius 3 is 1.81 bits per heavy atom. The molecule has 1 aliphatic carbocycles. The fourth-order valence-electron chi connectivity index (χ4n) is 2.26. The van der Waals surface area contributed by atoms with Crippen molar-refractivity contribution in [3.63, 3.8) is 0 Å². The summed E-state index contributed by atoms with van der Waals surface area (Å²) < 4.78 is 0. The molecule has 0 aliphatic heterocycles. The van der Waals surface area contributed by atoms with E-state index < -0.39 is 0 Å². The Labute approximate surface area is 99.7 Å². The molecule has 0 radical (unpaired) electrons. The lowest BCUT2D eigenvalue weighted by Crippen LogP contribution is -1.84. The van der Waals surface area contributed by atoms with E-state index in [1.165, 1.54) is 33.4 Å². The highest BCUT2D eigenvalue weighted by atomic mass is 14.2. The normalized spacial score (nSPS) is 13.2. The van der Waals surface area contributed by atoms with Gasteiger partial charge in [-0.1, -0.05) is 43.7 Å². The fraction of sp³-hybridized carbons (Fsp3) is 0.375. The zero-order valence-electron chi connectivity index (χ0n) is 11.3. The van der Waals surface area contributed by atoms with E-state index in [4.69, 9.17) is 0 Å². The zero-order chi connectivity index (χ0) is 12.3. The average molecular weight is 214 g/mol. The van der Waals surface area contributed by atoms with Crippen LogP contribution in [0.1, 0.15) is 52.7 Å². The first-order valence-corrected chi connectivity index (χ1v) is 6.08. The van der Waals surface area contributed by atoms with Gasteiger partial charge in [0, 0.05) is 0 Å². The van der Waals surface area contributed by atoms with Crippen LogP contribution in [0.3, 0.4) is 0 Å². The van der Waals surface area contributed by atoms with Crippen molar-refractivity contribution in [3.8, 4) is 0 Å². The minimum Gasteiger partial charge on any atom is -0.0683 e. The second-order valence-corrected chi connectivity index (χ2v) is 4.17. The summed E-state index contributed by atoms with van der Waals surface area (Å²) in [6.07, 6.45) is 0. The first kappa shape index (κ1) is 12.8. The van der Waals surface area contributed by atoms with Crippen molar-refractivity contribution < 1.29 is 0 Å². The molecular weight excluding hydrogens is 192 g/mol. The van der Waals surface area contributed by atoms with E-state index in [1.54, 1.807) is 0 Å². The van der Waals surface area contributed by atoms with Crippen molar-refractivity contribution in [2.24, 2.45) is 0 Å². The van der Waals surface area contributed by atoms with Gasteiger partial charge in [-0.05, 0) is 55.5 Å². The van der Waals surface area contributed by atoms with Crippen LogP contribution < -0.4 is 0 Å². The van der Waals surface area contributed by atoms with Crippen molar-refractivity contribution in [1.82, 2.24) is 0 Å². The Morgan fingerprint density at radius 1 is 0.812 bits per heavy atom. The molecule has 0 bridgehead atoms. The van der Waals surface area contributed by atoms with E-state index >= 15 is 0 Å². The van der Waals surface area contributed by atoms with Gasteiger partial charge in [0.2, 0.25) is 0 Å². The standard InChI is InChI=1S/C14H16.C2H6/c1-9(2)14-11(4)10(3)12-7-5-6-8-13(12)14;1-2/h5-8H,1-4H3;1-2H3. The van der Waals surface area contributed by atoms with E-state index in [0.29, 0.717) is 0 Å². The molecule has 0 atom stereocenters. The molecule has 1 aromatic carbocycles. The molecule has 0 N–H and O–H groups in total. The van der Waals surface area contributed by atoms with Crippen LogP contribution >= 0.6 is 0 Å². The summed E-state index contributed by atoms with van der Waals surface area (Å²) in [5.74, 6) is 0. The van der Waals surface area contributed by atoms with Crippen LogP contribution in [0.5, 0.6) is 0 Å². The predicted octanol–water partition coefficient (Wildman–Crippen LogP) is 5.31. The van der Waals surface area contributed by atoms with Crippen molar-refractivity contribution in [2.75, 3.05) is 0 Å². The summed E-state index contributed by atoms with van der Waals surface area (Å²) in [6, 6.07) is 8.67. The highest BCUT2D eigenvalue weighted by molar-refractivity contribution is 5.99. The predicted molar refractivity (Wildman–Crippen MR) is 74.3 cm³/mol. The summed E-state index contributed by atoms with van der Waals surface area (Å²) in [4.78, 5) is 0. The molecule has 0 heterocycles. The zero-order valence-corrected chi connectivity index (χ0v) is 11.3. The molecule has 0 saturated heterocycles. The van der Waals surface area contributed by atoms with Crippen LogP contribution in [0.4, 0.5) is 0 Å². The number of hydrogen-bond acceptors (Lipinski definition) is 0. The second kappa shape index (κ2) is 5.16. The lowest BCUT2D eigenvalue weighted by atomic mass is 9.99. The van der Waals surface area contributed by atoms with E-state index in [-0.39, 0.29) is 0 Å². The molecule has 1 aromatic rings. The van der Waals surface area contributed by atoms with E-state index in [0.717, 1.165) is 0 Å². The van der Waals surface area contributed by atoms with Gasteiger partial charge in [-0.2, -0.15) is 0 Å². The Kier molecular flexibility index (Phi) is 4.12. The van der Waals surface area contributed by atoms with Crippen molar-refractivity contribution >= 4 is 11.1 Å². The minimum absolute atomic E-state index is 1.40. The van der Waals surface area contributed by atoms with Gasteiger partial charge in [-0.3, -0.25) is 0 Å². The van der Waals surface area contributed by atoms with Gasteiger partial charge >= 0.3 is 0 Å². The summed E-state index contributed by atoms with van der Waals surface area (Å²) in [5.41, 5.74) is 8.52. The topological polar surface area (TPSA) is 0 Å². The van der Waals surface area contributed by atoms with E-state index in [2.05, 4.69) is 52.0 Å². The number of rotatable bonds is 0. The van der Waals surface area contributed by atoms with Gasteiger partial charge in [-0.25, -0.2) is 0 Å². The van der Waals surface area contributed by atoms with Crippen LogP contribution in [0.25, 0.3) is 11.1 Å². The molecule has 0 spiro atoms. The van der Waals surface area contributed by atoms with Gasteiger partial charge in [-0.15, -0.1) is 0 Å². The molecule has 0 nitrogen and oxygen atoms in total. The maximum absolute atomic E-state index is 2.22. The summed E-state index contributed by atoms with van der Waals surface area (Å²) in [7, 11) is 0. The van der Waals surface area contributed by atoms with Crippen LogP contribution in [-0.2, 0) is 0 Å². The van der Waals surface area contributed by atoms with Gasteiger partial charge in [0.25, 0.3) is 0 Å². The first-order valence-electron chi connectivity index (χ1n) is 6.08. The molecule has 0 amide bonds. The Balaban J connectivity index is 0.000000606. The average Bonchev–Trinajstić information content (AvgIpc) is 2.55. The number of allylic oxidation sites excluding steroid dienone is 4. The third kappa shape index (κ3) is 1.97. The first-order chi connectivity index (χ1) is 7.63. The molecule has 0 heteroatoms. The molecule has 0 aromatic heterocycles. The summed E-state index contributed by atoms with van der Waals surface area (Å²) in [6.45, 7) is 12.8. The van der Waals surface area contributed by atoms with Gasteiger partial charge in [0.05, 0.1) is 0 Å². The summed E-state index contributed by atoms with van der Waals surface area (Å²) in [5, 5.41) is 0. The van der Waals surface area contributed by atoms with Crippen LogP contribution in [0.15, 0.2) is 35.4 Å². The molecule has 2 rings (SSSR count). The molecule has 0 fully saturated rings. The highest BCUT2D eigenvalue weighted by Crippen LogP contribution is 2.41. The molecule has 1 aliphatic rings. The quantitative estimate of drug-likeness (QED) is 0.548. The SMILES string of the molecule is CC.CC(C)=C1C(C)=C(C)c2ccccc21. The Hall–Kier alpha value is -1.30. The molecule has 0 unspecified atom stereocenters. The van der Waals surface area contributed by atoms with Crippen molar-refractivity contribution in [3.05, 3.63) is 46.5 Å². The van der Waals surface area contributed by atoms with Crippen LogP contribution in [0.2, 0.25) is 0 Å². The smallest absolute Gasteiger partial charge is 0.0107 e. The largest absolute Gasteiger partial charge is 0.0683 e. The van der Waals surface area contributed by atoms with Crippen molar-refractivity contribution in [2.45, 2.75) is 41.5 Å². The van der Waals surface area contributed by atoms with Crippen molar-refractivity contribution in [1.29, 1.82) is 0 Å². The maximum Gasteiger partial charge on any atom is -0.0107 e. The lowest BCUT2D eigenvalue weighted by molar-refractivity contribution is 1.37. The van der Waals surface area contributed by atoms with E-state index in [9.17, 15) is 0 Å². The fourth-order valence-corrected chi connectivity index (χ4v) is 2.26. The molecule has 16 heavy (non-hydrogen) atoms. The van der Waals surface area contributed by atoms with Crippen LogP contribution in [-0.4, -0.2) is 0 Å². The second-order valence-electron chi connectivity index (χ2n) is 4.17. The lowest BCUT2D eigenvalue weighted by Gasteiger charge is -2.05. The monoisotopic (exact) mass is 214 g/mol. The number of fused-ring (bicyclic) bond motifs is 1. The number of hydrogen-bond donors (Lipinski definition) is 0. The highest BCUT2D eigenvalue weighted by Gasteiger charge is 2.20. The minimum atomic E-state index is 1.40. The van der Waals surface area contributed by atoms with Gasteiger partial charge in [0.1, 0.15) is 0 Å². The molecule has 86 valence electrons.